The number of guanidine groups is 1. The van der Waals surface area contributed by atoms with Crippen LogP contribution in [0.25, 0.3) is 0 Å². The molecule has 2 unspecified atom stereocenters. The molecule has 1 aliphatic rings. The number of hydrogen-bond acceptors (Lipinski definition) is 3. The number of aliphatic imine (C=N–C) groups is 1. The van der Waals surface area contributed by atoms with Crippen molar-refractivity contribution >= 4 is 5.96 Å². The van der Waals surface area contributed by atoms with Crippen LogP contribution in [0.15, 0.2) is 29.3 Å². The van der Waals surface area contributed by atoms with Crippen molar-refractivity contribution in [3.8, 4) is 0 Å². The van der Waals surface area contributed by atoms with Crippen molar-refractivity contribution in [2.45, 2.75) is 51.7 Å². The molecule has 1 aliphatic heterocycles. The summed E-state index contributed by atoms with van der Waals surface area (Å²) in [7, 11) is 0. The maximum absolute atomic E-state index is 13.7. The molecule has 2 atom stereocenters. The first-order valence-corrected chi connectivity index (χ1v) is 9.84. The molecule has 1 saturated heterocycles. The lowest BCUT2D eigenvalue weighted by Crippen LogP contribution is -2.46. The number of aliphatic hydroxyl groups is 1. The fraction of sp³-hybridized carbons (Fsp3) is 0.650. The summed E-state index contributed by atoms with van der Waals surface area (Å²) in [5, 5.41) is 16.7. The van der Waals surface area contributed by atoms with Crippen molar-refractivity contribution in [1.82, 2.24) is 15.5 Å². The number of likely N-dealkylation sites (tertiary alicyclic amines) is 1. The number of nitrogens with zero attached hydrogens (tertiary/aromatic N) is 2. The molecule has 0 bridgehead atoms. The summed E-state index contributed by atoms with van der Waals surface area (Å²) in [6.45, 7) is 8.07. The first kappa shape index (κ1) is 20.6. The molecule has 1 fully saturated rings. The van der Waals surface area contributed by atoms with E-state index in [2.05, 4.69) is 27.4 Å². The second-order valence-corrected chi connectivity index (χ2v) is 6.78. The van der Waals surface area contributed by atoms with E-state index in [1.54, 1.807) is 18.2 Å². The van der Waals surface area contributed by atoms with E-state index in [1.165, 1.54) is 38.3 Å². The van der Waals surface area contributed by atoms with Gasteiger partial charge in [-0.05, 0) is 38.8 Å². The molecule has 3 N–H and O–H groups in total. The lowest BCUT2D eigenvalue weighted by atomic mass is 10.0. The van der Waals surface area contributed by atoms with Gasteiger partial charge >= 0.3 is 0 Å². The zero-order chi connectivity index (χ0) is 18.8. The molecule has 5 nitrogen and oxygen atoms in total. The van der Waals surface area contributed by atoms with Crippen molar-refractivity contribution < 1.29 is 9.50 Å². The lowest BCUT2D eigenvalue weighted by molar-refractivity contribution is 0.147. The molecule has 1 aromatic carbocycles. The third-order valence-electron chi connectivity index (χ3n) is 4.94. The van der Waals surface area contributed by atoms with Gasteiger partial charge < -0.3 is 15.7 Å². The Bertz CT molecular complexity index is 566. The quantitative estimate of drug-likeness (QED) is 0.490. The summed E-state index contributed by atoms with van der Waals surface area (Å²) in [6.07, 6.45) is 4.15. The average Bonchev–Trinajstić information content (AvgIpc) is 2.66. The van der Waals surface area contributed by atoms with Gasteiger partial charge in [0.1, 0.15) is 11.9 Å². The van der Waals surface area contributed by atoms with E-state index >= 15 is 0 Å². The molecule has 0 aromatic heterocycles. The topological polar surface area (TPSA) is 59.9 Å². The third kappa shape index (κ3) is 6.25. The normalized spacial score (nSPS) is 20.0. The van der Waals surface area contributed by atoms with Crippen LogP contribution in [0.3, 0.4) is 0 Å². The minimum atomic E-state index is -0.946. The summed E-state index contributed by atoms with van der Waals surface area (Å²) in [4.78, 5) is 6.96. The highest BCUT2D eigenvalue weighted by Crippen LogP contribution is 2.18. The van der Waals surface area contributed by atoms with E-state index in [-0.39, 0.29) is 12.1 Å². The first-order valence-electron chi connectivity index (χ1n) is 9.84. The van der Waals surface area contributed by atoms with Gasteiger partial charge in [-0.15, -0.1) is 0 Å². The highest BCUT2D eigenvalue weighted by atomic mass is 19.1. The van der Waals surface area contributed by atoms with Gasteiger partial charge in [0.05, 0.1) is 6.54 Å². The van der Waals surface area contributed by atoms with Crippen LogP contribution >= 0.6 is 0 Å². The standard InChI is InChI=1S/C20H33FN4O/c1-3-16-9-7-8-13-25(16)14-12-23-20(22-4-2)24-15-19(26)17-10-5-6-11-18(17)21/h5-6,10-11,16,19,26H,3-4,7-9,12-15H2,1-2H3,(H2,22,23,24). The molecule has 0 saturated carbocycles. The van der Waals surface area contributed by atoms with E-state index in [9.17, 15) is 9.50 Å². The van der Waals surface area contributed by atoms with Crippen molar-refractivity contribution in [2.24, 2.45) is 4.99 Å². The van der Waals surface area contributed by atoms with Crippen molar-refractivity contribution in [2.75, 3.05) is 32.7 Å². The Balaban J connectivity index is 1.85. The Morgan fingerprint density at radius 1 is 1.31 bits per heavy atom. The van der Waals surface area contributed by atoms with Crippen molar-refractivity contribution in [3.05, 3.63) is 35.6 Å². The molecule has 1 heterocycles. The van der Waals surface area contributed by atoms with Crippen LogP contribution in [0.1, 0.15) is 51.2 Å². The maximum Gasteiger partial charge on any atom is 0.191 e. The predicted octanol–water partition coefficient (Wildman–Crippen LogP) is 2.68. The zero-order valence-corrected chi connectivity index (χ0v) is 16.0. The number of benzene rings is 1. The molecular formula is C20H33FN4O. The molecule has 26 heavy (non-hydrogen) atoms. The van der Waals surface area contributed by atoms with Crippen LogP contribution in [0.4, 0.5) is 4.39 Å². The Morgan fingerprint density at radius 3 is 2.85 bits per heavy atom. The second kappa shape index (κ2) is 11.1. The SMILES string of the molecule is CCNC(=NCC(O)c1ccccc1F)NCCN1CCCCC1CC. The fourth-order valence-corrected chi connectivity index (χ4v) is 3.50. The summed E-state index contributed by atoms with van der Waals surface area (Å²) >= 11 is 0. The maximum atomic E-state index is 13.7. The van der Waals surface area contributed by atoms with Crippen LogP contribution in [0.2, 0.25) is 0 Å². The van der Waals surface area contributed by atoms with E-state index in [1.807, 2.05) is 6.92 Å². The molecular weight excluding hydrogens is 331 g/mol. The van der Waals surface area contributed by atoms with E-state index in [0.717, 1.165) is 19.6 Å². The van der Waals surface area contributed by atoms with Gasteiger partial charge in [0, 0.05) is 31.2 Å². The highest BCUT2D eigenvalue weighted by Gasteiger charge is 2.20. The smallest absolute Gasteiger partial charge is 0.191 e. The average molecular weight is 365 g/mol. The lowest BCUT2D eigenvalue weighted by Gasteiger charge is -2.35. The molecule has 1 aromatic rings. The van der Waals surface area contributed by atoms with Crippen LogP contribution in [0, 0.1) is 5.82 Å². The summed E-state index contributed by atoms with van der Waals surface area (Å²) in [5.74, 6) is 0.261. The van der Waals surface area contributed by atoms with E-state index < -0.39 is 11.9 Å². The zero-order valence-electron chi connectivity index (χ0n) is 16.0. The third-order valence-corrected chi connectivity index (χ3v) is 4.94. The minimum absolute atomic E-state index is 0.123. The number of piperidine rings is 1. The summed E-state index contributed by atoms with van der Waals surface area (Å²) in [5.41, 5.74) is 0.284. The monoisotopic (exact) mass is 364 g/mol. The minimum Gasteiger partial charge on any atom is -0.386 e. The largest absolute Gasteiger partial charge is 0.386 e. The number of halogens is 1. The van der Waals surface area contributed by atoms with Gasteiger partial charge in [-0.2, -0.15) is 0 Å². The van der Waals surface area contributed by atoms with Gasteiger partial charge in [-0.3, -0.25) is 9.89 Å². The number of hydrogen-bond donors (Lipinski definition) is 3. The Hall–Kier alpha value is -1.66. The van der Waals surface area contributed by atoms with Gasteiger partial charge in [0.25, 0.3) is 0 Å². The number of aliphatic hydroxyl groups excluding tert-OH is 1. The van der Waals surface area contributed by atoms with Gasteiger partial charge in [-0.25, -0.2) is 4.39 Å². The van der Waals surface area contributed by atoms with Gasteiger partial charge in [-0.1, -0.05) is 31.5 Å². The fourth-order valence-electron chi connectivity index (χ4n) is 3.50. The van der Waals surface area contributed by atoms with Crippen molar-refractivity contribution in [1.29, 1.82) is 0 Å². The van der Waals surface area contributed by atoms with E-state index in [0.29, 0.717) is 12.0 Å². The van der Waals surface area contributed by atoms with E-state index in [4.69, 9.17) is 0 Å². The molecule has 6 heteroatoms. The summed E-state index contributed by atoms with van der Waals surface area (Å²) in [6, 6.07) is 6.97. The Labute approximate surface area is 156 Å². The molecule has 0 radical (unpaired) electrons. The molecule has 146 valence electrons. The summed E-state index contributed by atoms with van der Waals surface area (Å²) < 4.78 is 13.7. The molecule has 0 spiro atoms. The van der Waals surface area contributed by atoms with Crippen LogP contribution in [0.5, 0.6) is 0 Å². The Morgan fingerprint density at radius 2 is 2.12 bits per heavy atom. The van der Waals surface area contributed by atoms with Gasteiger partial charge in [0.15, 0.2) is 5.96 Å². The molecule has 0 amide bonds. The predicted molar refractivity (Wildman–Crippen MR) is 105 cm³/mol. The molecule has 0 aliphatic carbocycles. The highest BCUT2D eigenvalue weighted by molar-refractivity contribution is 5.79. The van der Waals surface area contributed by atoms with Crippen LogP contribution < -0.4 is 10.6 Å². The first-order chi connectivity index (χ1) is 12.7. The number of rotatable bonds is 8. The number of nitrogens with one attached hydrogen (secondary N) is 2. The second-order valence-electron chi connectivity index (χ2n) is 6.78. The van der Waals surface area contributed by atoms with Crippen LogP contribution in [-0.4, -0.2) is 54.7 Å². The van der Waals surface area contributed by atoms with Crippen molar-refractivity contribution in [3.63, 3.8) is 0 Å². The Kier molecular flexibility index (Phi) is 8.85. The molecule has 2 rings (SSSR count). The van der Waals surface area contributed by atoms with Crippen LogP contribution in [-0.2, 0) is 0 Å². The van der Waals surface area contributed by atoms with Gasteiger partial charge in [0.2, 0.25) is 0 Å².